The number of rotatable bonds is 5. The molecule has 0 atom stereocenters. The Morgan fingerprint density at radius 1 is 1.24 bits per heavy atom. The van der Waals surface area contributed by atoms with Gasteiger partial charge in [0.1, 0.15) is 0 Å². The van der Waals surface area contributed by atoms with Gasteiger partial charge in [-0.25, -0.2) is 8.42 Å². The van der Waals surface area contributed by atoms with Crippen molar-refractivity contribution in [3.63, 3.8) is 0 Å². The molecule has 10 heteroatoms. The molecular formula is C15H17Cl2N3O4S. The maximum atomic E-state index is 12.4. The van der Waals surface area contributed by atoms with Gasteiger partial charge in [0.05, 0.1) is 12.3 Å². The molecule has 0 saturated carbocycles. The van der Waals surface area contributed by atoms with Crippen molar-refractivity contribution in [2.24, 2.45) is 5.41 Å². The number of amides is 1. The van der Waals surface area contributed by atoms with Crippen molar-refractivity contribution < 1.29 is 17.6 Å². The molecule has 25 heavy (non-hydrogen) atoms. The zero-order valence-corrected chi connectivity index (χ0v) is 16.2. The molecule has 1 heterocycles. The van der Waals surface area contributed by atoms with Crippen LogP contribution < -0.4 is 5.32 Å². The molecule has 0 saturated heterocycles. The number of carbonyl (C=O) groups excluding carboxylic acids is 1. The lowest BCUT2D eigenvalue weighted by atomic mass is 9.96. The van der Waals surface area contributed by atoms with Crippen molar-refractivity contribution in [3.8, 4) is 0 Å². The van der Waals surface area contributed by atoms with Crippen LogP contribution in [0, 0.1) is 5.41 Å². The van der Waals surface area contributed by atoms with Gasteiger partial charge < -0.3 is 9.73 Å². The highest BCUT2D eigenvalue weighted by atomic mass is 35.5. The van der Waals surface area contributed by atoms with E-state index in [2.05, 4.69) is 15.5 Å². The largest absolute Gasteiger partial charge is 0.411 e. The highest BCUT2D eigenvalue weighted by molar-refractivity contribution is 7.90. The molecule has 2 aromatic rings. The smallest absolute Gasteiger partial charge is 0.335 e. The first kappa shape index (κ1) is 19.7. The molecule has 0 bridgehead atoms. The van der Waals surface area contributed by atoms with Crippen LogP contribution in [0.4, 0.5) is 0 Å². The average Bonchev–Trinajstić information content (AvgIpc) is 2.96. The molecule has 2 rings (SSSR count). The van der Waals surface area contributed by atoms with Crippen LogP contribution in [-0.2, 0) is 26.9 Å². The number of hydrogen-bond acceptors (Lipinski definition) is 6. The van der Waals surface area contributed by atoms with Crippen molar-refractivity contribution in [3.05, 3.63) is 39.7 Å². The standard InChI is InChI=1S/C15H17Cl2N3O4S/c1-15(2,3)13(21)18-7-12-19-20-14(24-12)25(22,23)8-9-4-5-10(16)6-11(9)17/h4-6H,7-8H2,1-3H3,(H,18,21). The molecule has 0 aliphatic rings. The molecule has 0 radical (unpaired) electrons. The summed E-state index contributed by atoms with van der Waals surface area (Å²) in [7, 11) is -3.88. The monoisotopic (exact) mass is 405 g/mol. The summed E-state index contributed by atoms with van der Waals surface area (Å²) in [6.45, 7) is 5.20. The van der Waals surface area contributed by atoms with Gasteiger partial charge in [-0.15, -0.1) is 5.10 Å². The second-order valence-corrected chi connectivity index (χ2v) is 9.10. The van der Waals surface area contributed by atoms with E-state index in [0.29, 0.717) is 10.6 Å². The Kier molecular flexibility index (Phi) is 5.75. The fourth-order valence-corrected chi connectivity index (χ4v) is 3.49. The highest BCUT2D eigenvalue weighted by Crippen LogP contribution is 2.25. The van der Waals surface area contributed by atoms with E-state index < -0.39 is 26.2 Å². The lowest BCUT2D eigenvalue weighted by molar-refractivity contribution is -0.128. The van der Waals surface area contributed by atoms with Gasteiger partial charge in [-0.1, -0.05) is 55.1 Å². The summed E-state index contributed by atoms with van der Waals surface area (Å²) >= 11 is 11.8. The lowest BCUT2D eigenvalue weighted by Crippen LogP contribution is -2.34. The van der Waals surface area contributed by atoms with Crippen molar-refractivity contribution in [2.45, 2.75) is 38.3 Å². The van der Waals surface area contributed by atoms with Gasteiger partial charge in [0.25, 0.3) is 0 Å². The summed E-state index contributed by atoms with van der Waals surface area (Å²) in [6, 6.07) is 4.51. The van der Waals surface area contributed by atoms with Gasteiger partial charge in [0.15, 0.2) is 0 Å². The van der Waals surface area contributed by atoms with E-state index in [9.17, 15) is 13.2 Å². The summed E-state index contributed by atoms with van der Waals surface area (Å²) in [5, 5.41) is 9.90. The molecule has 1 aromatic heterocycles. The van der Waals surface area contributed by atoms with Crippen LogP contribution in [0.1, 0.15) is 32.2 Å². The van der Waals surface area contributed by atoms with Crippen molar-refractivity contribution >= 4 is 38.9 Å². The lowest BCUT2D eigenvalue weighted by Gasteiger charge is -2.16. The number of hydrogen-bond donors (Lipinski definition) is 1. The molecule has 1 amide bonds. The van der Waals surface area contributed by atoms with E-state index in [0.717, 1.165) is 0 Å². The first-order chi connectivity index (χ1) is 11.5. The summed E-state index contributed by atoms with van der Waals surface area (Å²) in [5.74, 6) is -0.625. The highest BCUT2D eigenvalue weighted by Gasteiger charge is 2.25. The molecule has 1 aromatic carbocycles. The second kappa shape index (κ2) is 7.31. The molecule has 136 valence electrons. The predicted molar refractivity (Wildman–Crippen MR) is 93.0 cm³/mol. The fraction of sp³-hybridized carbons (Fsp3) is 0.400. The third kappa shape index (κ3) is 5.17. The van der Waals surface area contributed by atoms with E-state index in [1.807, 2.05) is 0 Å². The number of aromatic nitrogens is 2. The van der Waals surface area contributed by atoms with Gasteiger partial charge in [0.2, 0.25) is 21.6 Å². The Balaban J connectivity index is 2.11. The maximum absolute atomic E-state index is 12.4. The minimum Gasteiger partial charge on any atom is -0.411 e. The second-order valence-electron chi connectivity index (χ2n) is 6.39. The third-order valence-corrected chi connectivity index (χ3v) is 5.13. The molecule has 0 aliphatic carbocycles. The minimum absolute atomic E-state index is 0.00150. The Hall–Kier alpha value is -1.64. The third-order valence-electron chi connectivity index (χ3n) is 3.16. The predicted octanol–water partition coefficient (Wildman–Crippen LogP) is 3.01. The molecule has 7 nitrogen and oxygen atoms in total. The van der Waals surface area contributed by atoms with Crippen LogP contribution in [0.3, 0.4) is 0 Å². The SMILES string of the molecule is CC(C)(C)C(=O)NCc1nnc(S(=O)(=O)Cc2ccc(Cl)cc2Cl)o1. The summed E-state index contributed by atoms with van der Waals surface area (Å²) < 4.78 is 29.9. The molecule has 0 spiro atoms. The Morgan fingerprint density at radius 3 is 2.52 bits per heavy atom. The summed E-state index contributed by atoms with van der Waals surface area (Å²) in [6.07, 6.45) is 0. The average molecular weight is 406 g/mol. The van der Waals surface area contributed by atoms with E-state index in [4.69, 9.17) is 27.6 Å². The van der Waals surface area contributed by atoms with Crippen LogP contribution >= 0.6 is 23.2 Å². The van der Waals surface area contributed by atoms with Crippen LogP contribution in [0.5, 0.6) is 0 Å². The zero-order chi connectivity index (χ0) is 18.8. The summed E-state index contributed by atoms with van der Waals surface area (Å²) in [5.41, 5.74) is -0.216. The normalized spacial score (nSPS) is 12.2. The van der Waals surface area contributed by atoms with Crippen molar-refractivity contribution in [2.75, 3.05) is 0 Å². The molecule has 0 fully saturated rings. The number of halogens is 2. The van der Waals surface area contributed by atoms with Gasteiger partial charge in [-0.05, 0) is 17.7 Å². The molecular weight excluding hydrogens is 389 g/mol. The molecule has 1 N–H and O–H groups in total. The number of nitrogens with zero attached hydrogens (tertiary/aromatic N) is 2. The van der Waals surface area contributed by atoms with Gasteiger partial charge in [-0.3, -0.25) is 4.79 Å². The van der Waals surface area contributed by atoms with Crippen LogP contribution in [-0.4, -0.2) is 24.5 Å². The van der Waals surface area contributed by atoms with E-state index in [-0.39, 0.29) is 23.4 Å². The first-order valence-electron chi connectivity index (χ1n) is 7.26. The van der Waals surface area contributed by atoms with Crippen LogP contribution in [0.15, 0.2) is 27.8 Å². The van der Waals surface area contributed by atoms with E-state index in [1.54, 1.807) is 26.8 Å². The van der Waals surface area contributed by atoms with Gasteiger partial charge >= 0.3 is 5.22 Å². The van der Waals surface area contributed by atoms with Gasteiger partial charge in [0, 0.05) is 15.5 Å². The zero-order valence-electron chi connectivity index (χ0n) is 13.8. The minimum atomic E-state index is -3.88. The Bertz CT molecular complexity index is 888. The number of carbonyl (C=O) groups is 1. The van der Waals surface area contributed by atoms with Crippen molar-refractivity contribution in [1.82, 2.24) is 15.5 Å². The van der Waals surface area contributed by atoms with E-state index in [1.165, 1.54) is 12.1 Å². The number of sulfone groups is 1. The van der Waals surface area contributed by atoms with E-state index >= 15 is 0 Å². The Morgan fingerprint density at radius 2 is 1.92 bits per heavy atom. The number of nitrogens with one attached hydrogen (secondary N) is 1. The number of benzene rings is 1. The maximum Gasteiger partial charge on any atom is 0.335 e. The van der Waals surface area contributed by atoms with Crippen molar-refractivity contribution in [1.29, 1.82) is 0 Å². The fourth-order valence-electron chi connectivity index (χ4n) is 1.76. The molecule has 0 aliphatic heterocycles. The van der Waals surface area contributed by atoms with Gasteiger partial charge in [-0.2, -0.15) is 0 Å². The Labute approximate surface area is 155 Å². The topological polar surface area (TPSA) is 102 Å². The van der Waals surface area contributed by atoms with Crippen LogP contribution in [0.2, 0.25) is 10.0 Å². The quantitative estimate of drug-likeness (QED) is 0.819. The molecule has 0 unspecified atom stereocenters. The first-order valence-corrected chi connectivity index (χ1v) is 9.67. The summed E-state index contributed by atoms with van der Waals surface area (Å²) in [4.78, 5) is 11.8. The van der Waals surface area contributed by atoms with Crippen LogP contribution in [0.25, 0.3) is 0 Å².